The number of halogens is 3. The van der Waals surface area contributed by atoms with E-state index < -0.39 is 17.2 Å². The van der Waals surface area contributed by atoms with Gasteiger partial charge in [0.05, 0.1) is 6.10 Å². The maximum absolute atomic E-state index is 12.9. The highest BCUT2D eigenvalue weighted by Gasteiger charge is 2.36. The molecule has 1 unspecified atom stereocenters. The molecule has 0 fully saturated rings. The zero-order valence-electron chi connectivity index (χ0n) is 9.53. The number of aliphatic hydroxyl groups is 1. The van der Waals surface area contributed by atoms with Gasteiger partial charge in [-0.3, -0.25) is 0 Å². The Kier molecular flexibility index (Phi) is 3.45. The monoisotopic (exact) mass is 272 g/mol. The van der Waals surface area contributed by atoms with Crippen molar-refractivity contribution in [3.63, 3.8) is 0 Å². The second kappa shape index (κ2) is 4.74. The van der Waals surface area contributed by atoms with Crippen LogP contribution in [0.1, 0.15) is 22.8 Å². The average Bonchev–Trinajstić information content (AvgIpc) is 2.74. The normalized spacial score (nSPS) is 13.6. The summed E-state index contributed by atoms with van der Waals surface area (Å²) in [5.74, 6) is 0. The Morgan fingerprint density at radius 2 is 1.78 bits per heavy atom. The molecule has 1 aromatic carbocycles. The molecule has 96 valence electrons. The number of rotatable bonds is 2. The summed E-state index contributed by atoms with van der Waals surface area (Å²) >= 11 is 0.594. The molecule has 1 N–H and O–H groups in total. The largest absolute Gasteiger partial charge is 0.426 e. The van der Waals surface area contributed by atoms with Gasteiger partial charge in [0.2, 0.25) is 0 Å². The highest BCUT2D eigenvalue weighted by atomic mass is 32.1. The fraction of sp³-hybridized carbons (Fsp3) is 0.231. The number of benzene rings is 1. The quantitative estimate of drug-likeness (QED) is 0.854. The Morgan fingerprint density at radius 1 is 1.17 bits per heavy atom. The smallest absolute Gasteiger partial charge is 0.388 e. The van der Waals surface area contributed by atoms with Crippen LogP contribution in [0.15, 0.2) is 36.4 Å². The first-order valence-electron chi connectivity index (χ1n) is 5.34. The van der Waals surface area contributed by atoms with E-state index in [1.165, 1.54) is 13.0 Å². The first-order chi connectivity index (χ1) is 8.39. The van der Waals surface area contributed by atoms with Crippen LogP contribution in [0.2, 0.25) is 0 Å². The molecule has 0 saturated carbocycles. The fourth-order valence-electron chi connectivity index (χ4n) is 1.66. The molecule has 5 heteroatoms. The highest BCUT2D eigenvalue weighted by molar-refractivity contribution is 7.12. The van der Waals surface area contributed by atoms with Crippen molar-refractivity contribution in [2.75, 3.05) is 0 Å². The van der Waals surface area contributed by atoms with Gasteiger partial charge < -0.3 is 5.11 Å². The minimum atomic E-state index is -4.40. The molecule has 0 aliphatic rings. The number of hydrogen-bond donors (Lipinski definition) is 1. The van der Waals surface area contributed by atoms with Crippen LogP contribution < -0.4 is 0 Å². The molecule has 2 aromatic rings. The predicted molar refractivity (Wildman–Crippen MR) is 65.4 cm³/mol. The van der Waals surface area contributed by atoms with Crippen molar-refractivity contribution in [3.8, 4) is 11.1 Å². The maximum atomic E-state index is 12.9. The molecule has 0 radical (unpaired) electrons. The van der Waals surface area contributed by atoms with Gasteiger partial charge in [-0.25, -0.2) is 0 Å². The van der Waals surface area contributed by atoms with Gasteiger partial charge in [-0.05, 0) is 18.6 Å². The summed E-state index contributed by atoms with van der Waals surface area (Å²) in [5, 5.41) is 9.42. The third kappa shape index (κ3) is 2.57. The zero-order valence-corrected chi connectivity index (χ0v) is 10.3. The molecule has 0 spiro atoms. The summed E-state index contributed by atoms with van der Waals surface area (Å²) in [4.78, 5) is -0.342. The van der Waals surface area contributed by atoms with Gasteiger partial charge in [0, 0.05) is 10.4 Å². The summed E-state index contributed by atoms with van der Waals surface area (Å²) < 4.78 is 38.8. The molecule has 1 nitrogen and oxygen atoms in total. The van der Waals surface area contributed by atoms with Crippen molar-refractivity contribution in [3.05, 3.63) is 46.2 Å². The van der Waals surface area contributed by atoms with E-state index >= 15 is 0 Å². The molecule has 18 heavy (non-hydrogen) atoms. The summed E-state index contributed by atoms with van der Waals surface area (Å²) in [6, 6.07) is 9.79. The van der Waals surface area contributed by atoms with Crippen molar-refractivity contribution >= 4 is 11.3 Å². The first kappa shape index (κ1) is 13.1. The van der Waals surface area contributed by atoms with Gasteiger partial charge in [-0.2, -0.15) is 13.2 Å². The average molecular weight is 272 g/mol. The standard InChI is InChI=1S/C13H11F3OS/c1-8(17)11-7-10(9-5-3-2-4-6-9)12(18-11)13(14,15)16/h2-8,17H,1H3. The van der Waals surface area contributed by atoms with Gasteiger partial charge in [0.25, 0.3) is 0 Å². The lowest BCUT2D eigenvalue weighted by Crippen LogP contribution is -2.03. The molecule has 1 heterocycles. The Balaban J connectivity index is 2.59. The lowest BCUT2D eigenvalue weighted by molar-refractivity contribution is -0.133. The van der Waals surface area contributed by atoms with Crippen molar-refractivity contribution < 1.29 is 18.3 Å². The van der Waals surface area contributed by atoms with Crippen molar-refractivity contribution in [2.45, 2.75) is 19.2 Å². The van der Waals surface area contributed by atoms with Crippen LogP contribution in [0.4, 0.5) is 13.2 Å². The lowest BCUT2D eigenvalue weighted by atomic mass is 10.1. The summed E-state index contributed by atoms with van der Waals surface area (Å²) in [6.45, 7) is 1.46. The van der Waals surface area contributed by atoms with E-state index in [4.69, 9.17) is 0 Å². The summed E-state index contributed by atoms with van der Waals surface area (Å²) in [6.07, 6.45) is -5.29. The van der Waals surface area contributed by atoms with E-state index in [0.29, 0.717) is 21.8 Å². The van der Waals surface area contributed by atoms with Crippen LogP contribution in [0, 0.1) is 0 Å². The second-order valence-electron chi connectivity index (χ2n) is 3.93. The van der Waals surface area contributed by atoms with Gasteiger partial charge in [-0.15, -0.1) is 11.3 Å². The third-order valence-corrected chi connectivity index (χ3v) is 3.86. The van der Waals surface area contributed by atoms with Gasteiger partial charge in [-0.1, -0.05) is 30.3 Å². The van der Waals surface area contributed by atoms with Gasteiger partial charge >= 0.3 is 6.18 Å². The minimum Gasteiger partial charge on any atom is -0.388 e. The van der Waals surface area contributed by atoms with E-state index in [-0.39, 0.29) is 5.56 Å². The van der Waals surface area contributed by atoms with Crippen LogP contribution in [0.25, 0.3) is 11.1 Å². The molecule has 0 amide bonds. The minimum absolute atomic E-state index is 0.129. The van der Waals surface area contributed by atoms with Gasteiger partial charge in [0.15, 0.2) is 0 Å². The molecule has 0 aliphatic carbocycles. The molecule has 1 aromatic heterocycles. The zero-order chi connectivity index (χ0) is 13.3. The third-order valence-electron chi connectivity index (χ3n) is 2.51. The summed E-state index contributed by atoms with van der Waals surface area (Å²) in [5.41, 5.74) is 0.636. The molecule has 1 atom stereocenters. The van der Waals surface area contributed by atoms with E-state index in [1.54, 1.807) is 30.3 Å². The fourth-order valence-corrected chi connectivity index (χ4v) is 2.64. The van der Waals surface area contributed by atoms with Crippen LogP contribution in [0.3, 0.4) is 0 Å². The number of hydrogen-bond acceptors (Lipinski definition) is 2. The number of alkyl halides is 3. The Morgan fingerprint density at radius 3 is 2.28 bits per heavy atom. The highest BCUT2D eigenvalue weighted by Crippen LogP contribution is 2.44. The number of aliphatic hydroxyl groups excluding tert-OH is 1. The van der Waals surface area contributed by atoms with Crippen molar-refractivity contribution in [1.29, 1.82) is 0 Å². The molecular weight excluding hydrogens is 261 g/mol. The summed E-state index contributed by atoms with van der Waals surface area (Å²) in [7, 11) is 0. The number of thiophene rings is 1. The Labute approximate surface area is 107 Å². The van der Waals surface area contributed by atoms with Gasteiger partial charge in [0.1, 0.15) is 4.88 Å². The maximum Gasteiger partial charge on any atom is 0.426 e. The Hall–Kier alpha value is -1.33. The predicted octanol–water partition coefficient (Wildman–Crippen LogP) is 4.49. The van der Waals surface area contributed by atoms with Crippen molar-refractivity contribution in [1.82, 2.24) is 0 Å². The first-order valence-corrected chi connectivity index (χ1v) is 6.15. The molecular formula is C13H11F3OS. The second-order valence-corrected chi connectivity index (χ2v) is 5.02. The SMILES string of the molecule is CC(O)c1cc(-c2ccccc2)c(C(F)(F)F)s1. The van der Waals surface area contributed by atoms with Crippen LogP contribution in [-0.2, 0) is 6.18 Å². The van der Waals surface area contributed by atoms with E-state index in [0.717, 1.165) is 0 Å². The molecule has 0 aliphatic heterocycles. The molecule has 2 rings (SSSR count). The van der Waals surface area contributed by atoms with Crippen LogP contribution in [-0.4, -0.2) is 5.11 Å². The van der Waals surface area contributed by atoms with Crippen LogP contribution in [0.5, 0.6) is 0 Å². The van der Waals surface area contributed by atoms with Crippen LogP contribution >= 0.6 is 11.3 Å². The molecule has 0 saturated heterocycles. The lowest BCUT2D eigenvalue weighted by Gasteiger charge is -2.07. The van der Waals surface area contributed by atoms with E-state index in [2.05, 4.69) is 0 Å². The molecule has 0 bridgehead atoms. The topological polar surface area (TPSA) is 20.2 Å². The van der Waals surface area contributed by atoms with Crippen molar-refractivity contribution in [2.24, 2.45) is 0 Å². The Bertz CT molecular complexity index is 529. The van der Waals surface area contributed by atoms with E-state index in [9.17, 15) is 18.3 Å². The van der Waals surface area contributed by atoms with E-state index in [1.807, 2.05) is 0 Å².